The van der Waals surface area contributed by atoms with Gasteiger partial charge in [0.05, 0.1) is 6.04 Å². The van der Waals surface area contributed by atoms with Crippen molar-refractivity contribution in [3.05, 3.63) is 65.7 Å². The Hall–Kier alpha value is -1.47. The number of rotatable bonds is 1. The summed E-state index contributed by atoms with van der Waals surface area (Å²) >= 11 is 0. The highest BCUT2D eigenvalue weighted by atomic mass is 35.5. The second kappa shape index (κ2) is 5.24. The number of aryl methyl sites for hydroxylation is 1. The van der Waals surface area contributed by atoms with Gasteiger partial charge in [-0.2, -0.15) is 0 Å². The summed E-state index contributed by atoms with van der Waals surface area (Å²) in [5.74, 6) is 0. The number of nitrogens with one attached hydrogen (secondary N) is 1. The van der Waals surface area contributed by atoms with Crippen molar-refractivity contribution in [1.29, 1.82) is 0 Å². The number of para-hydroxylation sites is 1. The lowest BCUT2D eigenvalue weighted by molar-refractivity contribution is 0.668. The zero-order valence-corrected chi connectivity index (χ0v) is 10.4. The van der Waals surface area contributed by atoms with Crippen LogP contribution >= 0.6 is 12.4 Å². The van der Waals surface area contributed by atoms with Gasteiger partial charge in [-0.1, -0.05) is 48.5 Å². The first-order valence-corrected chi connectivity index (χ1v) is 5.83. The van der Waals surface area contributed by atoms with E-state index < -0.39 is 0 Å². The lowest BCUT2D eigenvalue weighted by Crippen LogP contribution is -2.17. The summed E-state index contributed by atoms with van der Waals surface area (Å²) in [6, 6.07) is 19.7. The lowest BCUT2D eigenvalue weighted by Gasteiger charge is -2.27. The fraction of sp³-hybridized carbons (Fsp3) is 0.200. The molecule has 1 unspecified atom stereocenters. The van der Waals surface area contributed by atoms with Gasteiger partial charge in [0.25, 0.3) is 0 Å². The quantitative estimate of drug-likeness (QED) is 0.794. The van der Waals surface area contributed by atoms with Crippen molar-refractivity contribution in [3.8, 4) is 0 Å². The Kier molecular flexibility index (Phi) is 3.70. The normalized spacial score (nSPS) is 17.5. The summed E-state index contributed by atoms with van der Waals surface area (Å²) in [5.41, 5.74) is 4.12. The molecule has 17 heavy (non-hydrogen) atoms. The van der Waals surface area contributed by atoms with E-state index in [1.54, 1.807) is 0 Å². The van der Waals surface area contributed by atoms with E-state index in [-0.39, 0.29) is 12.4 Å². The molecular formula is C15H16ClN. The molecule has 2 aromatic rings. The third-order valence-corrected chi connectivity index (χ3v) is 3.25. The van der Waals surface area contributed by atoms with Crippen molar-refractivity contribution in [3.63, 3.8) is 0 Å². The predicted octanol–water partition coefficient (Wildman–Crippen LogP) is 4.21. The van der Waals surface area contributed by atoms with Crippen LogP contribution in [0.2, 0.25) is 0 Å². The Bertz CT molecular complexity index is 481. The Balaban J connectivity index is 0.00000108. The van der Waals surface area contributed by atoms with Crippen molar-refractivity contribution in [2.45, 2.75) is 18.9 Å². The van der Waals surface area contributed by atoms with E-state index in [0.29, 0.717) is 6.04 Å². The molecule has 0 fully saturated rings. The molecule has 0 saturated heterocycles. The molecule has 0 spiro atoms. The van der Waals surface area contributed by atoms with Crippen LogP contribution in [0.15, 0.2) is 54.6 Å². The summed E-state index contributed by atoms with van der Waals surface area (Å²) in [4.78, 5) is 0. The van der Waals surface area contributed by atoms with Gasteiger partial charge >= 0.3 is 0 Å². The molecule has 0 amide bonds. The molecule has 0 saturated carbocycles. The second-order valence-corrected chi connectivity index (χ2v) is 4.30. The lowest BCUT2D eigenvalue weighted by atomic mass is 9.94. The van der Waals surface area contributed by atoms with Gasteiger partial charge in [0.2, 0.25) is 0 Å². The number of fused-ring (bicyclic) bond motifs is 1. The van der Waals surface area contributed by atoms with Crippen LogP contribution in [0, 0.1) is 0 Å². The number of benzene rings is 2. The van der Waals surface area contributed by atoms with E-state index >= 15 is 0 Å². The van der Waals surface area contributed by atoms with Gasteiger partial charge in [-0.25, -0.2) is 0 Å². The van der Waals surface area contributed by atoms with E-state index in [2.05, 4.69) is 59.9 Å². The van der Waals surface area contributed by atoms with Gasteiger partial charge in [0, 0.05) is 5.69 Å². The average Bonchev–Trinajstić information content (AvgIpc) is 2.39. The molecule has 3 rings (SSSR count). The Morgan fingerprint density at radius 3 is 2.41 bits per heavy atom. The highest BCUT2D eigenvalue weighted by Gasteiger charge is 2.17. The van der Waals surface area contributed by atoms with Gasteiger partial charge in [0.1, 0.15) is 0 Å². The van der Waals surface area contributed by atoms with Gasteiger partial charge < -0.3 is 5.32 Å². The average molecular weight is 246 g/mol. The van der Waals surface area contributed by atoms with E-state index in [0.717, 1.165) is 0 Å². The third kappa shape index (κ3) is 2.45. The van der Waals surface area contributed by atoms with Crippen LogP contribution in [0.3, 0.4) is 0 Å². The minimum atomic E-state index is 0. The largest absolute Gasteiger partial charge is 0.378 e. The van der Waals surface area contributed by atoms with Gasteiger partial charge in [0.15, 0.2) is 0 Å². The highest BCUT2D eigenvalue weighted by Crippen LogP contribution is 2.31. The molecule has 0 bridgehead atoms. The summed E-state index contributed by atoms with van der Waals surface area (Å²) in [5, 5.41) is 3.61. The topological polar surface area (TPSA) is 12.0 Å². The third-order valence-electron chi connectivity index (χ3n) is 3.25. The van der Waals surface area contributed by atoms with Crippen LogP contribution in [0.1, 0.15) is 23.6 Å². The van der Waals surface area contributed by atoms with Crippen molar-refractivity contribution in [1.82, 2.24) is 0 Å². The van der Waals surface area contributed by atoms with Gasteiger partial charge in [-0.3, -0.25) is 0 Å². The van der Waals surface area contributed by atoms with Crippen LogP contribution in [-0.4, -0.2) is 0 Å². The maximum absolute atomic E-state index is 3.61. The first-order valence-electron chi connectivity index (χ1n) is 5.83. The molecular weight excluding hydrogens is 230 g/mol. The van der Waals surface area contributed by atoms with Crippen LogP contribution in [-0.2, 0) is 6.42 Å². The highest BCUT2D eigenvalue weighted by molar-refractivity contribution is 5.85. The molecule has 1 aliphatic rings. The summed E-state index contributed by atoms with van der Waals surface area (Å²) < 4.78 is 0. The predicted molar refractivity (Wildman–Crippen MR) is 74.8 cm³/mol. The molecule has 0 aliphatic carbocycles. The van der Waals surface area contributed by atoms with Gasteiger partial charge in [-0.15, -0.1) is 12.4 Å². The van der Waals surface area contributed by atoms with Crippen molar-refractivity contribution < 1.29 is 0 Å². The summed E-state index contributed by atoms with van der Waals surface area (Å²) in [7, 11) is 0. The van der Waals surface area contributed by atoms with Crippen molar-refractivity contribution in [2.75, 3.05) is 5.32 Å². The summed E-state index contributed by atoms with van der Waals surface area (Å²) in [6.45, 7) is 0. The smallest absolute Gasteiger partial charge is 0.0517 e. The molecule has 1 heterocycles. The SMILES string of the molecule is Cl.c1ccc(C2CCc3ccccc3N2)cc1. The van der Waals surface area contributed by atoms with Crippen LogP contribution in [0.4, 0.5) is 5.69 Å². The van der Waals surface area contributed by atoms with Crippen LogP contribution < -0.4 is 5.32 Å². The first-order chi connectivity index (χ1) is 7.93. The Morgan fingerprint density at radius 1 is 0.882 bits per heavy atom. The van der Waals surface area contributed by atoms with Crippen LogP contribution in [0.25, 0.3) is 0 Å². The van der Waals surface area contributed by atoms with E-state index in [4.69, 9.17) is 0 Å². The Labute approximate surface area is 108 Å². The fourth-order valence-corrected chi connectivity index (χ4v) is 2.37. The fourth-order valence-electron chi connectivity index (χ4n) is 2.37. The maximum Gasteiger partial charge on any atom is 0.0517 e. The molecule has 0 radical (unpaired) electrons. The summed E-state index contributed by atoms with van der Waals surface area (Å²) in [6.07, 6.45) is 2.35. The maximum atomic E-state index is 3.61. The molecule has 1 atom stereocenters. The standard InChI is InChI=1S/C15H15N.ClH/c1-2-6-12(7-3-1)15-11-10-13-8-4-5-9-14(13)16-15;/h1-9,15-16H,10-11H2;1H. The first kappa shape index (κ1) is 12.0. The minimum Gasteiger partial charge on any atom is -0.378 e. The van der Waals surface area contributed by atoms with Crippen LogP contribution in [0.5, 0.6) is 0 Å². The number of anilines is 1. The monoisotopic (exact) mass is 245 g/mol. The minimum absolute atomic E-state index is 0. The molecule has 1 nitrogen and oxygen atoms in total. The molecule has 1 aliphatic heterocycles. The molecule has 2 heteroatoms. The van der Waals surface area contributed by atoms with E-state index in [9.17, 15) is 0 Å². The molecule has 1 N–H and O–H groups in total. The zero-order chi connectivity index (χ0) is 10.8. The molecule has 2 aromatic carbocycles. The molecule has 0 aromatic heterocycles. The van der Waals surface area contributed by atoms with Crippen molar-refractivity contribution >= 4 is 18.1 Å². The molecule has 88 valence electrons. The number of hydrogen-bond acceptors (Lipinski definition) is 1. The van der Waals surface area contributed by atoms with Crippen molar-refractivity contribution in [2.24, 2.45) is 0 Å². The number of hydrogen-bond donors (Lipinski definition) is 1. The Morgan fingerprint density at radius 2 is 1.59 bits per heavy atom. The second-order valence-electron chi connectivity index (χ2n) is 4.30. The van der Waals surface area contributed by atoms with Gasteiger partial charge in [-0.05, 0) is 30.0 Å². The van der Waals surface area contributed by atoms with E-state index in [1.807, 2.05) is 0 Å². The zero-order valence-electron chi connectivity index (χ0n) is 9.60. The number of halogens is 1. The van der Waals surface area contributed by atoms with E-state index in [1.165, 1.54) is 29.7 Å².